The topological polar surface area (TPSA) is 77.2 Å². The van der Waals surface area contributed by atoms with E-state index >= 15 is 0 Å². The molecule has 1 unspecified atom stereocenters. The maximum absolute atomic E-state index is 13.3. The number of aromatic nitrogens is 1. The SMILES string of the molecule is Cc1[nH]c2ccc(C(=O)N3CCCC(CNC(=O)Nc4cccc(F)c4)C3)cc2c1C. The van der Waals surface area contributed by atoms with Gasteiger partial charge in [-0.05, 0) is 74.6 Å². The van der Waals surface area contributed by atoms with Gasteiger partial charge in [0.2, 0.25) is 0 Å². The molecule has 162 valence electrons. The number of hydrogen-bond donors (Lipinski definition) is 3. The van der Waals surface area contributed by atoms with Crippen molar-refractivity contribution in [1.29, 1.82) is 0 Å². The monoisotopic (exact) mass is 422 g/mol. The van der Waals surface area contributed by atoms with Crippen molar-refractivity contribution in [3.63, 3.8) is 0 Å². The minimum absolute atomic E-state index is 0.0223. The molecule has 1 fully saturated rings. The van der Waals surface area contributed by atoms with Gasteiger partial charge in [-0.25, -0.2) is 9.18 Å². The third-order valence-corrected chi connectivity index (χ3v) is 6.00. The summed E-state index contributed by atoms with van der Waals surface area (Å²) in [4.78, 5) is 30.4. The molecule has 1 aliphatic rings. The van der Waals surface area contributed by atoms with Crippen LogP contribution >= 0.6 is 0 Å². The number of fused-ring (bicyclic) bond motifs is 1. The molecular formula is C24H27FN4O2. The number of aryl methyl sites for hydroxylation is 2. The Labute approximate surface area is 180 Å². The molecule has 3 amide bonds. The second kappa shape index (κ2) is 8.79. The zero-order valence-corrected chi connectivity index (χ0v) is 17.8. The number of urea groups is 1. The van der Waals surface area contributed by atoms with Crippen LogP contribution in [0.2, 0.25) is 0 Å². The number of piperidine rings is 1. The number of nitrogens with one attached hydrogen (secondary N) is 3. The molecule has 0 bridgehead atoms. The Morgan fingerprint density at radius 3 is 2.84 bits per heavy atom. The van der Waals surface area contributed by atoms with E-state index in [9.17, 15) is 14.0 Å². The fourth-order valence-electron chi connectivity index (χ4n) is 4.17. The van der Waals surface area contributed by atoms with Gasteiger partial charge in [-0.1, -0.05) is 6.07 Å². The highest BCUT2D eigenvalue weighted by Crippen LogP contribution is 2.24. The molecule has 0 spiro atoms. The van der Waals surface area contributed by atoms with Crippen LogP contribution in [-0.4, -0.2) is 41.5 Å². The number of rotatable bonds is 4. The molecule has 4 rings (SSSR count). The van der Waals surface area contributed by atoms with Crippen molar-refractivity contribution in [2.45, 2.75) is 26.7 Å². The number of carbonyl (C=O) groups is 2. The Bertz CT molecular complexity index is 1120. The number of benzene rings is 2. The lowest BCUT2D eigenvalue weighted by Crippen LogP contribution is -2.44. The molecule has 1 atom stereocenters. The summed E-state index contributed by atoms with van der Waals surface area (Å²) < 4.78 is 13.3. The highest BCUT2D eigenvalue weighted by atomic mass is 19.1. The molecule has 2 heterocycles. The molecule has 2 aromatic carbocycles. The number of H-pyrrole nitrogens is 1. The molecule has 7 heteroatoms. The van der Waals surface area contributed by atoms with Crippen molar-refractivity contribution in [1.82, 2.24) is 15.2 Å². The normalized spacial score (nSPS) is 16.4. The van der Waals surface area contributed by atoms with E-state index < -0.39 is 5.82 Å². The smallest absolute Gasteiger partial charge is 0.319 e. The van der Waals surface area contributed by atoms with Gasteiger partial charge in [-0.3, -0.25) is 4.79 Å². The van der Waals surface area contributed by atoms with E-state index in [0.717, 1.165) is 35.0 Å². The molecule has 1 aromatic heterocycles. The van der Waals surface area contributed by atoms with Gasteiger partial charge in [-0.15, -0.1) is 0 Å². The number of amides is 3. The van der Waals surface area contributed by atoms with Crippen molar-refractivity contribution in [2.75, 3.05) is 25.0 Å². The highest BCUT2D eigenvalue weighted by molar-refractivity contribution is 5.99. The van der Waals surface area contributed by atoms with E-state index in [1.54, 1.807) is 12.1 Å². The van der Waals surface area contributed by atoms with Crippen LogP contribution in [-0.2, 0) is 0 Å². The minimum Gasteiger partial charge on any atom is -0.358 e. The molecular weight excluding hydrogens is 395 g/mol. The standard InChI is InChI=1S/C24H27FN4O2/c1-15-16(2)27-22-9-8-18(11-21(15)22)23(30)29-10-4-5-17(14-29)13-26-24(31)28-20-7-3-6-19(25)12-20/h3,6-9,11-12,17,27H,4-5,10,13-14H2,1-2H3,(H2,26,28,31). The van der Waals surface area contributed by atoms with Gasteiger partial charge in [0.25, 0.3) is 5.91 Å². The van der Waals surface area contributed by atoms with Crippen LogP contribution in [0.3, 0.4) is 0 Å². The van der Waals surface area contributed by atoms with Crippen molar-refractivity contribution >= 4 is 28.5 Å². The molecule has 0 radical (unpaired) electrons. The zero-order valence-electron chi connectivity index (χ0n) is 17.8. The molecule has 0 saturated carbocycles. The maximum atomic E-state index is 13.3. The Hall–Kier alpha value is -3.35. The average molecular weight is 423 g/mol. The maximum Gasteiger partial charge on any atom is 0.319 e. The first-order valence-corrected chi connectivity index (χ1v) is 10.6. The average Bonchev–Trinajstić information content (AvgIpc) is 3.05. The molecule has 0 aliphatic carbocycles. The summed E-state index contributed by atoms with van der Waals surface area (Å²) in [7, 11) is 0. The Morgan fingerprint density at radius 2 is 2.03 bits per heavy atom. The van der Waals surface area contributed by atoms with Crippen LogP contribution < -0.4 is 10.6 Å². The number of aromatic amines is 1. The van der Waals surface area contributed by atoms with Gasteiger partial charge in [-0.2, -0.15) is 0 Å². The number of halogens is 1. The quantitative estimate of drug-likeness (QED) is 0.575. The van der Waals surface area contributed by atoms with Crippen LogP contribution in [0.5, 0.6) is 0 Å². The lowest BCUT2D eigenvalue weighted by molar-refractivity contribution is 0.0675. The summed E-state index contributed by atoms with van der Waals surface area (Å²) in [6.07, 6.45) is 1.84. The first kappa shape index (κ1) is 20.9. The minimum atomic E-state index is -0.401. The summed E-state index contributed by atoms with van der Waals surface area (Å²) in [5.74, 6) is -0.201. The molecule has 1 saturated heterocycles. The number of anilines is 1. The fraction of sp³-hybridized carbons (Fsp3) is 0.333. The summed E-state index contributed by atoms with van der Waals surface area (Å²) in [6.45, 7) is 5.86. The van der Waals surface area contributed by atoms with Crippen molar-refractivity contribution < 1.29 is 14.0 Å². The van der Waals surface area contributed by atoms with Crippen LogP contribution in [0.1, 0.15) is 34.5 Å². The predicted molar refractivity (Wildman–Crippen MR) is 120 cm³/mol. The highest BCUT2D eigenvalue weighted by Gasteiger charge is 2.25. The van der Waals surface area contributed by atoms with Crippen LogP contribution in [0, 0.1) is 25.6 Å². The summed E-state index contributed by atoms with van der Waals surface area (Å²) in [6, 6.07) is 11.2. The van der Waals surface area contributed by atoms with Gasteiger partial charge in [0.05, 0.1) is 0 Å². The molecule has 3 N–H and O–H groups in total. The molecule has 1 aliphatic heterocycles. The van der Waals surface area contributed by atoms with Gasteiger partial charge >= 0.3 is 6.03 Å². The van der Waals surface area contributed by atoms with Gasteiger partial charge in [0.15, 0.2) is 0 Å². The van der Waals surface area contributed by atoms with Crippen LogP contribution in [0.4, 0.5) is 14.9 Å². The third kappa shape index (κ3) is 4.71. The first-order valence-electron chi connectivity index (χ1n) is 10.6. The zero-order chi connectivity index (χ0) is 22.0. The van der Waals surface area contributed by atoms with E-state index in [4.69, 9.17) is 0 Å². The fourth-order valence-corrected chi connectivity index (χ4v) is 4.17. The Balaban J connectivity index is 1.35. The number of likely N-dealkylation sites (tertiary alicyclic amines) is 1. The van der Waals surface area contributed by atoms with Crippen LogP contribution in [0.15, 0.2) is 42.5 Å². The largest absolute Gasteiger partial charge is 0.358 e. The summed E-state index contributed by atoms with van der Waals surface area (Å²) >= 11 is 0. The second-order valence-corrected chi connectivity index (χ2v) is 8.24. The third-order valence-electron chi connectivity index (χ3n) is 6.00. The Morgan fingerprint density at radius 1 is 1.19 bits per heavy atom. The first-order chi connectivity index (χ1) is 14.9. The Kier molecular flexibility index (Phi) is 5.93. The molecule has 3 aromatic rings. The van der Waals surface area contributed by atoms with Gasteiger partial charge in [0, 0.05) is 47.5 Å². The van der Waals surface area contributed by atoms with Crippen molar-refractivity contribution in [2.24, 2.45) is 5.92 Å². The summed E-state index contributed by atoms with van der Waals surface area (Å²) in [5.41, 5.74) is 4.40. The van der Waals surface area contributed by atoms with E-state index in [2.05, 4.69) is 22.5 Å². The number of hydrogen-bond acceptors (Lipinski definition) is 2. The van der Waals surface area contributed by atoms with Crippen molar-refractivity contribution in [3.05, 3.63) is 65.1 Å². The number of nitrogens with zero attached hydrogens (tertiary/aromatic N) is 1. The predicted octanol–water partition coefficient (Wildman–Crippen LogP) is 4.60. The number of carbonyl (C=O) groups excluding carboxylic acids is 2. The van der Waals surface area contributed by atoms with Crippen LogP contribution in [0.25, 0.3) is 10.9 Å². The van der Waals surface area contributed by atoms with E-state index in [1.807, 2.05) is 30.0 Å². The van der Waals surface area contributed by atoms with E-state index in [0.29, 0.717) is 30.9 Å². The van der Waals surface area contributed by atoms with Crippen molar-refractivity contribution in [3.8, 4) is 0 Å². The van der Waals surface area contributed by atoms with Gasteiger partial charge < -0.3 is 20.5 Å². The summed E-state index contributed by atoms with van der Waals surface area (Å²) in [5, 5.41) is 6.55. The lowest BCUT2D eigenvalue weighted by atomic mass is 9.97. The lowest BCUT2D eigenvalue weighted by Gasteiger charge is -2.33. The van der Waals surface area contributed by atoms with Gasteiger partial charge in [0.1, 0.15) is 5.82 Å². The molecule has 31 heavy (non-hydrogen) atoms. The second-order valence-electron chi connectivity index (χ2n) is 8.24. The van der Waals surface area contributed by atoms with E-state index in [1.165, 1.54) is 12.1 Å². The molecule has 6 nitrogen and oxygen atoms in total. The van der Waals surface area contributed by atoms with E-state index in [-0.39, 0.29) is 17.9 Å².